The molecule has 0 aliphatic heterocycles. The molecule has 3 heterocycles. The van der Waals surface area contributed by atoms with Gasteiger partial charge in [-0.3, -0.25) is 13.7 Å². The molecule has 10 aromatic rings. The molecule has 0 spiro atoms. The van der Waals surface area contributed by atoms with Crippen LogP contribution in [-0.2, 0) is 20.2 Å². The highest BCUT2D eigenvalue weighted by Gasteiger charge is 2.25. The number of rotatable bonds is 7. The van der Waals surface area contributed by atoms with Crippen molar-refractivity contribution in [1.82, 2.24) is 24.1 Å². The molecule has 11 nitrogen and oxygen atoms in total. The summed E-state index contributed by atoms with van der Waals surface area (Å²) < 4.78 is 74.8. The highest BCUT2D eigenvalue weighted by atomic mass is 32.2. The fourth-order valence-corrected chi connectivity index (χ4v) is 9.06. The van der Waals surface area contributed by atoms with Gasteiger partial charge in [0.05, 0.1) is 27.0 Å². The topological polar surface area (TPSA) is 157 Å². The second-order valence-corrected chi connectivity index (χ2v) is 16.5. The molecule has 0 amide bonds. The molecule has 0 saturated heterocycles. The SMILES string of the molecule is O=S(=O)(O)c1cccc(-c2ccc(-n3c4ccccc4c4ccc5c6ccccc6n(-c6nc(-c7ccccc7)nc(-c7ccccc7)n6)c5c43)cc2S(=O)(=O)O)c1. The van der Waals surface area contributed by atoms with E-state index in [0.717, 1.165) is 60.8 Å². The van der Waals surface area contributed by atoms with Gasteiger partial charge >= 0.3 is 0 Å². The van der Waals surface area contributed by atoms with E-state index >= 15 is 0 Å². The van der Waals surface area contributed by atoms with E-state index in [4.69, 9.17) is 15.0 Å². The van der Waals surface area contributed by atoms with Gasteiger partial charge in [0.1, 0.15) is 4.90 Å². The molecule has 58 heavy (non-hydrogen) atoms. The first kappa shape index (κ1) is 35.4. The predicted molar refractivity (Wildman–Crippen MR) is 224 cm³/mol. The smallest absolute Gasteiger partial charge is 0.295 e. The molecule has 2 N–H and O–H groups in total. The minimum atomic E-state index is -4.88. The Morgan fingerprint density at radius 2 is 0.948 bits per heavy atom. The molecule has 0 aliphatic rings. The monoisotopic (exact) mass is 799 g/mol. The summed E-state index contributed by atoms with van der Waals surface area (Å²) in [6, 6.07) is 49.1. The van der Waals surface area contributed by atoms with E-state index in [-0.39, 0.29) is 11.1 Å². The molecular formula is C45H29N5O6S2. The van der Waals surface area contributed by atoms with Crippen LogP contribution in [0.15, 0.2) is 174 Å². The van der Waals surface area contributed by atoms with Crippen molar-refractivity contribution in [3.63, 3.8) is 0 Å². The average molecular weight is 800 g/mol. The first-order chi connectivity index (χ1) is 28.0. The van der Waals surface area contributed by atoms with Gasteiger partial charge in [-0.15, -0.1) is 0 Å². The summed E-state index contributed by atoms with van der Waals surface area (Å²) in [6.07, 6.45) is 0. The maximum atomic E-state index is 13.2. The summed E-state index contributed by atoms with van der Waals surface area (Å²) in [5.41, 5.74) is 5.29. The zero-order chi connectivity index (χ0) is 39.8. The lowest BCUT2D eigenvalue weighted by molar-refractivity contribution is 0.481. The van der Waals surface area contributed by atoms with Gasteiger partial charge in [-0.1, -0.05) is 127 Å². The van der Waals surface area contributed by atoms with Gasteiger partial charge in [0.15, 0.2) is 11.6 Å². The third kappa shape index (κ3) is 5.83. The minimum absolute atomic E-state index is 0.0452. The van der Waals surface area contributed by atoms with E-state index < -0.39 is 30.0 Å². The fraction of sp³-hybridized carbons (Fsp3) is 0. The molecule has 10 rings (SSSR count). The lowest BCUT2D eigenvalue weighted by Crippen LogP contribution is -2.07. The van der Waals surface area contributed by atoms with Crippen LogP contribution in [-0.4, -0.2) is 50.0 Å². The number of nitrogens with zero attached hydrogens (tertiary/aromatic N) is 5. The Labute approximate surface area is 331 Å². The second-order valence-electron chi connectivity index (χ2n) is 13.7. The van der Waals surface area contributed by atoms with Crippen LogP contribution in [0.25, 0.3) is 89.2 Å². The van der Waals surface area contributed by atoms with E-state index in [9.17, 15) is 25.9 Å². The highest BCUT2D eigenvalue weighted by Crippen LogP contribution is 2.42. The van der Waals surface area contributed by atoms with Gasteiger partial charge in [0.25, 0.3) is 20.2 Å². The van der Waals surface area contributed by atoms with Crippen molar-refractivity contribution < 1.29 is 25.9 Å². The Morgan fingerprint density at radius 1 is 0.431 bits per heavy atom. The van der Waals surface area contributed by atoms with E-state index in [1.807, 2.05) is 124 Å². The Kier molecular flexibility index (Phi) is 8.11. The van der Waals surface area contributed by atoms with Crippen molar-refractivity contribution in [1.29, 1.82) is 0 Å². The van der Waals surface area contributed by atoms with Gasteiger partial charge in [-0.05, 0) is 42.0 Å². The van der Waals surface area contributed by atoms with Crippen molar-refractivity contribution in [3.05, 3.63) is 164 Å². The zero-order valence-electron chi connectivity index (χ0n) is 30.2. The van der Waals surface area contributed by atoms with Crippen LogP contribution in [0.5, 0.6) is 0 Å². The molecule has 0 unspecified atom stereocenters. The van der Waals surface area contributed by atoms with Gasteiger partial charge in [-0.2, -0.15) is 26.8 Å². The van der Waals surface area contributed by atoms with E-state index in [1.165, 1.54) is 30.3 Å². The number of aromatic nitrogens is 5. The van der Waals surface area contributed by atoms with Crippen LogP contribution in [0.1, 0.15) is 0 Å². The largest absolute Gasteiger partial charge is 0.307 e. The van der Waals surface area contributed by atoms with Gasteiger partial charge in [0, 0.05) is 43.9 Å². The van der Waals surface area contributed by atoms with Gasteiger partial charge in [-0.25, -0.2) is 4.98 Å². The van der Waals surface area contributed by atoms with Gasteiger partial charge < -0.3 is 4.57 Å². The van der Waals surface area contributed by atoms with Crippen molar-refractivity contribution in [2.24, 2.45) is 0 Å². The average Bonchev–Trinajstić information content (AvgIpc) is 3.77. The first-order valence-corrected chi connectivity index (χ1v) is 20.9. The number of benzene rings is 7. The molecule has 0 radical (unpaired) electrons. The standard InChI is InChI=1S/C45H29N5O6S2/c51-57(52,53)32-17-11-16-30(26-32)33-23-22-31(27-40(33)58(54,55)56)49-38-20-9-7-18-34(38)36-24-25-37-35-19-8-10-21-39(35)50(42(37)41(36)49)45-47-43(28-12-3-1-4-13-28)46-44(48-45)29-14-5-2-6-15-29/h1-27H,(H,51,52,53)(H,54,55,56). The summed E-state index contributed by atoms with van der Waals surface area (Å²) in [5.74, 6) is 1.33. The Bertz CT molecular complexity index is 3460. The lowest BCUT2D eigenvalue weighted by Gasteiger charge is -2.15. The molecular weight excluding hydrogens is 771 g/mol. The maximum Gasteiger partial charge on any atom is 0.295 e. The lowest BCUT2D eigenvalue weighted by atomic mass is 10.1. The van der Waals surface area contributed by atoms with Crippen molar-refractivity contribution >= 4 is 63.8 Å². The Hall–Kier alpha value is -7.03. The third-order valence-electron chi connectivity index (χ3n) is 10.3. The third-order valence-corrected chi connectivity index (χ3v) is 12.0. The minimum Gasteiger partial charge on any atom is -0.307 e. The summed E-state index contributed by atoms with van der Waals surface area (Å²) in [4.78, 5) is 14.3. The van der Waals surface area contributed by atoms with Crippen LogP contribution in [0, 0.1) is 0 Å². The first-order valence-electron chi connectivity index (χ1n) is 18.1. The number of para-hydroxylation sites is 2. The highest BCUT2D eigenvalue weighted by molar-refractivity contribution is 7.86. The molecule has 3 aromatic heterocycles. The zero-order valence-corrected chi connectivity index (χ0v) is 31.8. The molecule has 0 aliphatic carbocycles. The van der Waals surface area contributed by atoms with E-state index in [1.54, 1.807) is 6.07 Å². The number of fused-ring (bicyclic) bond motifs is 7. The summed E-state index contributed by atoms with van der Waals surface area (Å²) in [7, 11) is -9.49. The molecule has 0 fully saturated rings. The fourth-order valence-electron chi connectivity index (χ4n) is 7.80. The molecule has 13 heteroatoms. The van der Waals surface area contributed by atoms with Crippen molar-refractivity contribution in [3.8, 4) is 45.5 Å². The van der Waals surface area contributed by atoms with Crippen LogP contribution in [0.3, 0.4) is 0 Å². The summed E-state index contributed by atoms with van der Waals surface area (Å²) in [6.45, 7) is 0. The Balaban J connectivity index is 1.32. The summed E-state index contributed by atoms with van der Waals surface area (Å²) >= 11 is 0. The van der Waals surface area contributed by atoms with Gasteiger partial charge in [0.2, 0.25) is 5.95 Å². The molecule has 0 bridgehead atoms. The molecule has 7 aromatic carbocycles. The normalized spacial score (nSPS) is 12.2. The molecule has 282 valence electrons. The van der Waals surface area contributed by atoms with E-state index in [2.05, 4.69) is 6.07 Å². The number of hydrogen-bond acceptors (Lipinski definition) is 7. The quantitative estimate of drug-likeness (QED) is 0.150. The van der Waals surface area contributed by atoms with Crippen LogP contribution >= 0.6 is 0 Å². The van der Waals surface area contributed by atoms with Crippen LogP contribution < -0.4 is 0 Å². The maximum absolute atomic E-state index is 13.2. The van der Waals surface area contributed by atoms with E-state index in [0.29, 0.717) is 23.3 Å². The van der Waals surface area contributed by atoms with Crippen LogP contribution in [0.2, 0.25) is 0 Å². The second kappa shape index (κ2) is 13.3. The molecule has 0 saturated carbocycles. The van der Waals surface area contributed by atoms with Crippen molar-refractivity contribution in [2.75, 3.05) is 0 Å². The Morgan fingerprint density at radius 3 is 1.52 bits per heavy atom. The van der Waals surface area contributed by atoms with Crippen LogP contribution in [0.4, 0.5) is 0 Å². The summed E-state index contributed by atoms with van der Waals surface area (Å²) in [5, 5.41) is 3.59. The predicted octanol–water partition coefficient (Wildman–Crippen LogP) is 9.56. The molecule has 0 atom stereocenters. The number of hydrogen-bond donors (Lipinski definition) is 2. The van der Waals surface area contributed by atoms with Crippen molar-refractivity contribution in [2.45, 2.75) is 9.79 Å².